The van der Waals surface area contributed by atoms with Gasteiger partial charge in [0.25, 0.3) is 0 Å². The van der Waals surface area contributed by atoms with Crippen LogP contribution in [0.1, 0.15) is 28.2 Å². The summed E-state index contributed by atoms with van der Waals surface area (Å²) in [6, 6.07) is 27.3. The highest BCUT2D eigenvalue weighted by Crippen LogP contribution is 2.45. The number of ether oxygens (including phenoxy) is 5. The molecule has 42 heavy (non-hydrogen) atoms. The molecule has 0 aromatic heterocycles. The van der Waals surface area contributed by atoms with Crippen LogP contribution >= 0.6 is 11.6 Å². The first-order valence-corrected chi connectivity index (χ1v) is 13.4. The number of allylic oxidation sites excluding steroid dienone is 1. The van der Waals surface area contributed by atoms with E-state index in [4.69, 9.17) is 41.0 Å². The molecule has 5 rings (SSSR count). The average Bonchev–Trinajstić information content (AvgIpc) is 2.99. The minimum Gasteiger partial charge on any atom is -0.493 e. The lowest BCUT2D eigenvalue weighted by Crippen LogP contribution is -2.22. The maximum absolute atomic E-state index is 12.5. The summed E-state index contributed by atoms with van der Waals surface area (Å²) in [7, 11) is 1.55. The summed E-state index contributed by atoms with van der Waals surface area (Å²) in [5, 5.41) is 10.6. The van der Waals surface area contributed by atoms with Gasteiger partial charge < -0.3 is 29.4 Å². The summed E-state index contributed by atoms with van der Waals surface area (Å²) in [4.78, 5) is 12.5. The molecular formula is C33H27ClN2O6. The first-order chi connectivity index (χ1) is 20.3. The van der Waals surface area contributed by atoms with Gasteiger partial charge in [0.05, 0.1) is 13.0 Å². The van der Waals surface area contributed by atoms with Crippen LogP contribution in [-0.4, -0.2) is 19.7 Å². The Hall–Kier alpha value is -5.13. The van der Waals surface area contributed by atoms with Gasteiger partial charge in [0, 0.05) is 16.7 Å². The van der Waals surface area contributed by atoms with Gasteiger partial charge in [-0.3, -0.25) is 0 Å². The lowest BCUT2D eigenvalue weighted by atomic mass is 9.83. The monoisotopic (exact) mass is 582 g/mol. The second-order valence-electron chi connectivity index (χ2n) is 9.53. The number of carbonyl (C=O) groups excluding carboxylic acids is 1. The van der Waals surface area contributed by atoms with Crippen molar-refractivity contribution >= 4 is 17.6 Å². The molecule has 0 aliphatic carbocycles. The second kappa shape index (κ2) is 12.6. The van der Waals surface area contributed by atoms with Crippen molar-refractivity contribution in [1.82, 2.24) is 0 Å². The van der Waals surface area contributed by atoms with E-state index in [9.17, 15) is 10.1 Å². The number of benzene rings is 4. The number of esters is 1. The largest absolute Gasteiger partial charge is 0.493 e. The number of nitrogens with two attached hydrogens (primary N) is 1. The van der Waals surface area contributed by atoms with Crippen molar-refractivity contribution < 1.29 is 28.5 Å². The van der Waals surface area contributed by atoms with Crippen molar-refractivity contribution in [2.45, 2.75) is 19.4 Å². The van der Waals surface area contributed by atoms with Crippen molar-refractivity contribution in [1.29, 1.82) is 5.26 Å². The molecule has 4 aromatic rings. The van der Waals surface area contributed by atoms with Gasteiger partial charge in [0.2, 0.25) is 5.88 Å². The molecule has 1 heterocycles. The molecule has 0 fully saturated rings. The number of halogens is 1. The smallest absolute Gasteiger partial charge is 0.349 e. The summed E-state index contributed by atoms with van der Waals surface area (Å²) >= 11 is 5.97. The highest BCUT2D eigenvalue weighted by Gasteiger charge is 2.32. The molecule has 0 spiro atoms. The molecule has 2 N–H and O–H groups in total. The van der Waals surface area contributed by atoms with E-state index >= 15 is 0 Å². The van der Waals surface area contributed by atoms with Crippen LogP contribution < -0.4 is 29.4 Å². The third kappa shape index (κ3) is 6.43. The van der Waals surface area contributed by atoms with E-state index in [0.29, 0.717) is 40.2 Å². The van der Waals surface area contributed by atoms with Crippen molar-refractivity contribution in [2.24, 2.45) is 5.73 Å². The van der Waals surface area contributed by atoms with Crippen LogP contribution in [-0.2, 0) is 11.4 Å². The Bertz CT molecular complexity index is 1690. The minimum atomic E-state index is -0.580. The molecule has 1 aliphatic heterocycles. The molecule has 1 atom stereocenters. The number of hydrogen-bond acceptors (Lipinski definition) is 8. The Morgan fingerprint density at radius 3 is 2.52 bits per heavy atom. The van der Waals surface area contributed by atoms with Gasteiger partial charge in [0.1, 0.15) is 35.5 Å². The highest BCUT2D eigenvalue weighted by atomic mass is 35.5. The summed E-state index contributed by atoms with van der Waals surface area (Å²) in [6.07, 6.45) is 0. The van der Waals surface area contributed by atoms with Crippen LogP contribution in [0, 0.1) is 18.3 Å². The van der Waals surface area contributed by atoms with Gasteiger partial charge in [-0.05, 0) is 66.1 Å². The maximum Gasteiger partial charge on any atom is 0.349 e. The zero-order valence-electron chi connectivity index (χ0n) is 22.9. The number of hydrogen-bond donors (Lipinski definition) is 1. The molecule has 9 heteroatoms. The van der Waals surface area contributed by atoms with Crippen molar-refractivity contribution in [3.8, 4) is 34.8 Å². The number of methoxy groups -OCH3 is 1. The van der Waals surface area contributed by atoms with Crippen LogP contribution in [0.2, 0.25) is 5.02 Å². The lowest BCUT2D eigenvalue weighted by molar-refractivity contribution is -0.136. The van der Waals surface area contributed by atoms with E-state index in [1.165, 1.54) is 0 Å². The molecular weight excluding hydrogens is 556 g/mol. The van der Waals surface area contributed by atoms with E-state index in [1.807, 2.05) is 43.3 Å². The summed E-state index contributed by atoms with van der Waals surface area (Å²) in [5.41, 5.74) is 9.80. The van der Waals surface area contributed by atoms with Crippen LogP contribution in [0.25, 0.3) is 0 Å². The molecule has 0 amide bonds. The predicted molar refractivity (Wildman–Crippen MR) is 157 cm³/mol. The van der Waals surface area contributed by atoms with Crippen LogP contribution in [0.4, 0.5) is 0 Å². The number of aryl methyl sites for hydroxylation is 1. The zero-order chi connectivity index (χ0) is 29.6. The Morgan fingerprint density at radius 2 is 1.79 bits per heavy atom. The molecule has 0 saturated heterocycles. The standard InChI is InChI=1S/C33H27ClN2O6/c1-20-4-3-5-24(14-20)39-19-31(37)41-25-11-12-26-29(16-25)42-33(36)27(17-35)32(26)22-8-13-28(30(15-22)38-2)40-18-21-6-9-23(34)10-7-21/h3-16,32H,18-19,36H2,1-2H3. The van der Waals surface area contributed by atoms with Gasteiger partial charge in [-0.2, -0.15) is 5.26 Å². The third-order valence-corrected chi connectivity index (χ3v) is 6.85. The van der Waals surface area contributed by atoms with Gasteiger partial charge in [-0.25, -0.2) is 4.79 Å². The van der Waals surface area contributed by atoms with E-state index < -0.39 is 11.9 Å². The predicted octanol–water partition coefficient (Wildman–Crippen LogP) is 6.44. The first kappa shape index (κ1) is 28.4. The number of nitrogens with zero attached hydrogens (tertiary/aromatic N) is 1. The SMILES string of the molecule is COc1cc(C2C(C#N)=C(N)Oc3cc(OC(=O)COc4cccc(C)c4)ccc32)ccc1OCc1ccc(Cl)cc1. The topological polar surface area (TPSA) is 113 Å². The Morgan fingerprint density at radius 1 is 0.976 bits per heavy atom. The maximum atomic E-state index is 12.5. The fourth-order valence-corrected chi connectivity index (χ4v) is 4.70. The third-order valence-electron chi connectivity index (χ3n) is 6.60. The lowest BCUT2D eigenvalue weighted by Gasteiger charge is -2.27. The van der Waals surface area contributed by atoms with Crippen molar-refractivity contribution in [3.05, 3.63) is 124 Å². The fraction of sp³-hybridized carbons (Fsp3) is 0.152. The molecule has 8 nitrogen and oxygen atoms in total. The zero-order valence-corrected chi connectivity index (χ0v) is 23.7. The fourth-order valence-electron chi connectivity index (χ4n) is 4.58. The quantitative estimate of drug-likeness (QED) is 0.177. The van der Waals surface area contributed by atoms with E-state index in [2.05, 4.69) is 6.07 Å². The number of rotatable bonds is 9. The minimum absolute atomic E-state index is 0.0386. The van der Waals surface area contributed by atoms with Gasteiger partial charge >= 0.3 is 5.97 Å². The van der Waals surface area contributed by atoms with Crippen molar-refractivity contribution in [3.63, 3.8) is 0 Å². The number of carbonyl (C=O) groups is 1. The molecule has 212 valence electrons. The molecule has 1 aliphatic rings. The Labute approximate surface area is 248 Å². The van der Waals surface area contributed by atoms with Crippen LogP contribution in [0.15, 0.2) is 96.4 Å². The normalized spacial score (nSPS) is 13.8. The number of nitriles is 1. The molecule has 1 unspecified atom stereocenters. The summed E-state index contributed by atoms with van der Waals surface area (Å²) in [5.74, 6) is 1.05. The van der Waals surface area contributed by atoms with Crippen LogP contribution in [0.5, 0.6) is 28.7 Å². The van der Waals surface area contributed by atoms with E-state index in [1.54, 1.807) is 55.6 Å². The average molecular weight is 583 g/mol. The first-order valence-electron chi connectivity index (χ1n) is 13.0. The van der Waals surface area contributed by atoms with E-state index in [-0.39, 0.29) is 23.8 Å². The second-order valence-corrected chi connectivity index (χ2v) is 9.97. The number of fused-ring (bicyclic) bond motifs is 1. The summed E-state index contributed by atoms with van der Waals surface area (Å²) < 4.78 is 28.4. The molecule has 0 bridgehead atoms. The van der Waals surface area contributed by atoms with Gasteiger partial charge in [-0.1, -0.05) is 48.0 Å². The highest BCUT2D eigenvalue weighted by molar-refractivity contribution is 6.30. The molecule has 4 aromatic carbocycles. The molecule has 0 saturated carbocycles. The van der Waals surface area contributed by atoms with Crippen molar-refractivity contribution in [2.75, 3.05) is 13.7 Å². The summed E-state index contributed by atoms with van der Waals surface area (Å²) in [6.45, 7) is 1.99. The van der Waals surface area contributed by atoms with Crippen LogP contribution in [0.3, 0.4) is 0 Å². The Balaban J connectivity index is 1.35. The van der Waals surface area contributed by atoms with Gasteiger partial charge in [-0.15, -0.1) is 0 Å². The Kier molecular flexibility index (Phi) is 8.51. The van der Waals surface area contributed by atoms with Gasteiger partial charge in [0.15, 0.2) is 18.1 Å². The molecule has 0 radical (unpaired) electrons. The van der Waals surface area contributed by atoms with E-state index in [0.717, 1.165) is 16.7 Å².